The average Bonchev–Trinajstić information content (AvgIpc) is 2.72. The Morgan fingerprint density at radius 1 is 1.04 bits per heavy atom. The van der Waals surface area contributed by atoms with E-state index in [0.717, 1.165) is 10.8 Å². The predicted octanol–water partition coefficient (Wildman–Crippen LogP) is 3.26. The van der Waals surface area contributed by atoms with Crippen LogP contribution in [0.4, 0.5) is 5.69 Å². The molecule has 0 saturated carbocycles. The van der Waals surface area contributed by atoms with Gasteiger partial charge in [-0.3, -0.25) is 14.9 Å². The van der Waals surface area contributed by atoms with Crippen molar-refractivity contribution in [2.24, 2.45) is 0 Å². The Hall–Kier alpha value is -3.74. The fourth-order valence-electron chi connectivity index (χ4n) is 2.90. The molecule has 0 aliphatic rings. The molecule has 0 bridgehead atoms. The Kier molecular flexibility index (Phi) is 5.64. The van der Waals surface area contributed by atoms with Crippen molar-refractivity contribution in [1.82, 2.24) is 5.32 Å². The molecule has 0 aliphatic heterocycles. The van der Waals surface area contributed by atoms with Gasteiger partial charge in [0.25, 0.3) is 11.6 Å². The molecular formula is C21H18N2O5. The number of fused-ring (bicyclic) bond motifs is 1. The third-order valence-electron chi connectivity index (χ3n) is 4.39. The first kappa shape index (κ1) is 19.0. The van der Waals surface area contributed by atoms with Gasteiger partial charge in [-0.25, -0.2) is 4.79 Å². The number of ether oxygens (including phenoxy) is 1. The minimum atomic E-state index is -0.912. The van der Waals surface area contributed by atoms with Crippen LogP contribution in [0.3, 0.4) is 0 Å². The summed E-state index contributed by atoms with van der Waals surface area (Å²) in [6.45, 7) is 0. The summed E-state index contributed by atoms with van der Waals surface area (Å²) in [6, 6.07) is 17.8. The Morgan fingerprint density at radius 2 is 1.71 bits per heavy atom. The van der Waals surface area contributed by atoms with Crippen molar-refractivity contribution >= 4 is 28.3 Å². The molecule has 142 valence electrons. The lowest BCUT2D eigenvalue weighted by Crippen LogP contribution is -2.43. The summed E-state index contributed by atoms with van der Waals surface area (Å²) in [4.78, 5) is 35.0. The van der Waals surface area contributed by atoms with Gasteiger partial charge in [-0.15, -0.1) is 0 Å². The molecule has 0 heterocycles. The standard InChI is InChI=1S/C21H18N2O5/c1-28-21(25)19(12-14-6-10-18(11-7-14)23(26)27)22-20(24)17-9-8-15-4-2-3-5-16(15)13-17/h2-11,13,19H,12H2,1H3,(H,22,24). The van der Waals surface area contributed by atoms with Gasteiger partial charge in [-0.05, 0) is 28.5 Å². The van der Waals surface area contributed by atoms with Gasteiger partial charge in [0, 0.05) is 24.1 Å². The molecule has 0 aromatic heterocycles. The number of amides is 1. The summed E-state index contributed by atoms with van der Waals surface area (Å²) >= 11 is 0. The highest BCUT2D eigenvalue weighted by Crippen LogP contribution is 2.17. The second-order valence-electron chi connectivity index (χ2n) is 6.24. The molecule has 3 rings (SSSR count). The van der Waals surface area contributed by atoms with Gasteiger partial charge in [0.05, 0.1) is 12.0 Å². The van der Waals surface area contributed by atoms with Crippen LogP contribution >= 0.6 is 0 Å². The highest BCUT2D eigenvalue weighted by Gasteiger charge is 2.23. The molecule has 1 unspecified atom stereocenters. The van der Waals surface area contributed by atoms with E-state index in [4.69, 9.17) is 4.74 Å². The molecular weight excluding hydrogens is 360 g/mol. The van der Waals surface area contributed by atoms with Crippen molar-refractivity contribution in [2.45, 2.75) is 12.5 Å². The zero-order chi connectivity index (χ0) is 20.1. The monoisotopic (exact) mass is 378 g/mol. The minimum Gasteiger partial charge on any atom is -0.467 e. The quantitative estimate of drug-likeness (QED) is 0.403. The molecule has 7 nitrogen and oxygen atoms in total. The number of esters is 1. The Morgan fingerprint density at radius 3 is 2.36 bits per heavy atom. The maximum Gasteiger partial charge on any atom is 0.328 e. The van der Waals surface area contributed by atoms with Crippen LogP contribution in [0.1, 0.15) is 15.9 Å². The number of carbonyl (C=O) groups excluding carboxylic acids is 2. The van der Waals surface area contributed by atoms with Gasteiger partial charge in [-0.1, -0.05) is 42.5 Å². The van der Waals surface area contributed by atoms with E-state index in [-0.39, 0.29) is 12.1 Å². The molecule has 0 spiro atoms. The molecule has 1 amide bonds. The number of nitrogens with zero attached hydrogens (tertiary/aromatic N) is 1. The van der Waals surface area contributed by atoms with E-state index < -0.39 is 22.8 Å². The number of methoxy groups -OCH3 is 1. The summed E-state index contributed by atoms with van der Waals surface area (Å²) in [5.41, 5.74) is 1.05. The normalized spacial score (nSPS) is 11.6. The molecule has 1 N–H and O–H groups in total. The second kappa shape index (κ2) is 8.30. The molecule has 3 aromatic carbocycles. The summed E-state index contributed by atoms with van der Waals surface area (Å²) in [7, 11) is 1.24. The van der Waals surface area contributed by atoms with E-state index in [1.54, 1.807) is 24.3 Å². The Bertz CT molecular complexity index is 1030. The minimum absolute atomic E-state index is 0.0430. The molecule has 0 saturated heterocycles. The Labute approximate surface area is 161 Å². The van der Waals surface area contributed by atoms with Crippen LogP contribution in [0.5, 0.6) is 0 Å². The van der Waals surface area contributed by atoms with Crippen LogP contribution in [0.25, 0.3) is 10.8 Å². The zero-order valence-electron chi connectivity index (χ0n) is 15.1. The van der Waals surface area contributed by atoms with Crippen LogP contribution in [-0.4, -0.2) is 30.0 Å². The third kappa shape index (κ3) is 4.32. The van der Waals surface area contributed by atoms with Gasteiger partial charge >= 0.3 is 5.97 Å². The molecule has 7 heteroatoms. The van der Waals surface area contributed by atoms with Crippen molar-refractivity contribution in [2.75, 3.05) is 7.11 Å². The zero-order valence-corrected chi connectivity index (χ0v) is 15.1. The fourth-order valence-corrected chi connectivity index (χ4v) is 2.90. The van der Waals surface area contributed by atoms with E-state index in [1.165, 1.54) is 19.2 Å². The van der Waals surface area contributed by atoms with Crippen LogP contribution < -0.4 is 5.32 Å². The lowest BCUT2D eigenvalue weighted by atomic mass is 10.0. The first-order chi connectivity index (χ1) is 13.5. The summed E-state index contributed by atoms with van der Waals surface area (Å²) in [5.74, 6) is -0.990. The highest BCUT2D eigenvalue weighted by atomic mass is 16.6. The van der Waals surface area contributed by atoms with Gasteiger partial charge in [0.15, 0.2) is 0 Å². The maximum atomic E-state index is 12.6. The number of hydrogen-bond donors (Lipinski definition) is 1. The summed E-state index contributed by atoms with van der Waals surface area (Å²) in [6.07, 6.45) is 0.157. The lowest BCUT2D eigenvalue weighted by Gasteiger charge is -2.17. The van der Waals surface area contributed by atoms with Crippen molar-refractivity contribution in [1.29, 1.82) is 0 Å². The number of nitrogens with one attached hydrogen (secondary N) is 1. The van der Waals surface area contributed by atoms with E-state index >= 15 is 0 Å². The van der Waals surface area contributed by atoms with Crippen LogP contribution in [0.2, 0.25) is 0 Å². The first-order valence-corrected chi connectivity index (χ1v) is 8.59. The van der Waals surface area contributed by atoms with Gasteiger partial charge in [0.1, 0.15) is 6.04 Å². The first-order valence-electron chi connectivity index (χ1n) is 8.59. The van der Waals surface area contributed by atoms with Crippen molar-refractivity contribution in [3.05, 3.63) is 88.0 Å². The number of nitro benzene ring substituents is 1. The molecule has 0 aliphatic carbocycles. The van der Waals surface area contributed by atoms with E-state index in [1.807, 2.05) is 30.3 Å². The highest BCUT2D eigenvalue weighted by molar-refractivity contribution is 6.00. The second-order valence-corrected chi connectivity index (χ2v) is 6.24. The van der Waals surface area contributed by atoms with Crippen molar-refractivity contribution in [3.8, 4) is 0 Å². The number of benzene rings is 3. The average molecular weight is 378 g/mol. The number of carbonyl (C=O) groups is 2. The third-order valence-corrected chi connectivity index (χ3v) is 4.39. The largest absolute Gasteiger partial charge is 0.467 e. The van der Waals surface area contributed by atoms with Crippen LogP contribution in [0, 0.1) is 10.1 Å². The SMILES string of the molecule is COC(=O)C(Cc1ccc([N+](=O)[O-])cc1)NC(=O)c1ccc2ccccc2c1. The maximum absolute atomic E-state index is 12.6. The van der Waals surface area contributed by atoms with E-state index in [0.29, 0.717) is 11.1 Å². The van der Waals surface area contributed by atoms with Crippen LogP contribution in [-0.2, 0) is 16.0 Å². The fraction of sp³-hybridized carbons (Fsp3) is 0.143. The molecule has 0 radical (unpaired) electrons. The molecule has 0 fully saturated rings. The number of non-ortho nitro benzene ring substituents is 1. The van der Waals surface area contributed by atoms with Gasteiger partial charge < -0.3 is 10.1 Å². The van der Waals surface area contributed by atoms with Crippen molar-refractivity contribution < 1.29 is 19.2 Å². The Balaban J connectivity index is 1.78. The summed E-state index contributed by atoms with van der Waals surface area (Å²) < 4.78 is 4.79. The lowest BCUT2D eigenvalue weighted by molar-refractivity contribution is -0.384. The van der Waals surface area contributed by atoms with E-state index in [2.05, 4.69) is 5.32 Å². The molecule has 28 heavy (non-hydrogen) atoms. The predicted molar refractivity (Wildman–Crippen MR) is 104 cm³/mol. The number of hydrogen-bond acceptors (Lipinski definition) is 5. The van der Waals surface area contributed by atoms with Crippen LogP contribution in [0.15, 0.2) is 66.7 Å². The summed E-state index contributed by atoms with van der Waals surface area (Å²) in [5, 5.41) is 15.4. The molecule has 1 atom stereocenters. The number of nitro groups is 1. The molecule has 3 aromatic rings. The van der Waals surface area contributed by atoms with E-state index in [9.17, 15) is 19.7 Å². The van der Waals surface area contributed by atoms with Gasteiger partial charge in [0.2, 0.25) is 0 Å². The topological polar surface area (TPSA) is 98.5 Å². The van der Waals surface area contributed by atoms with Crippen molar-refractivity contribution in [3.63, 3.8) is 0 Å². The smallest absolute Gasteiger partial charge is 0.328 e. The van der Waals surface area contributed by atoms with Gasteiger partial charge in [-0.2, -0.15) is 0 Å². The number of rotatable bonds is 6.